The summed E-state index contributed by atoms with van der Waals surface area (Å²) in [6, 6.07) is 14.1. The van der Waals surface area contributed by atoms with Gasteiger partial charge in [0.25, 0.3) is 5.76 Å². The highest BCUT2D eigenvalue weighted by Crippen LogP contribution is 2.28. The molecule has 112 valence electrons. The SMILES string of the molecule is CCC(Nc1ccc(SC(F)F)cc1)c1ccc(O)cc1. The summed E-state index contributed by atoms with van der Waals surface area (Å²) in [6.45, 7) is 2.06. The first-order chi connectivity index (χ1) is 10.1. The van der Waals surface area contributed by atoms with Gasteiger partial charge in [0, 0.05) is 10.6 Å². The van der Waals surface area contributed by atoms with Gasteiger partial charge in [-0.3, -0.25) is 0 Å². The van der Waals surface area contributed by atoms with Crippen LogP contribution in [0.4, 0.5) is 14.5 Å². The molecule has 2 aromatic carbocycles. The van der Waals surface area contributed by atoms with Gasteiger partial charge < -0.3 is 10.4 Å². The number of phenols is 1. The molecule has 1 unspecified atom stereocenters. The van der Waals surface area contributed by atoms with Crippen LogP contribution in [-0.2, 0) is 0 Å². The molecule has 0 fully saturated rings. The van der Waals surface area contributed by atoms with Crippen LogP contribution in [0.25, 0.3) is 0 Å². The number of anilines is 1. The number of thioether (sulfide) groups is 1. The van der Waals surface area contributed by atoms with E-state index in [9.17, 15) is 13.9 Å². The Balaban J connectivity index is 2.06. The molecule has 0 saturated carbocycles. The zero-order valence-electron chi connectivity index (χ0n) is 11.6. The van der Waals surface area contributed by atoms with Crippen molar-refractivity contribution < 1.29 is 13.9 Å². The lowest BCUT2D eigenvalue weighted by molar-refractivity contribution is 0.252. The van der Waals surface area contributed by atoms with E-state index in [0.29, 0.717) is 16.7 Å². The molecule has 0 heterocycles. The minimum Gasteiger partial charge on any atom is -0.508 e. The van der Waals surface area contributed by atoms with Crippen LogP contribution in [0, 0.1) is 0 Å². The molecule has 0 bridgehead atoms. The van der Waals surface area contributed by atoms with Crippen molar-refractivity contribution in [1.29, 1.82) is 0 Å². The third-order valence-electron chi connectivity index (χ3n) is 3.12. The number of alkyl halides is 2. The smallest absolute Gasteiger partial charge is 0.288 e. The summed E-state index contributed by atoms with van der Waals surface area (Å²) < 4.78 is 24.5. The number of phenolic OH excluding ortho intramolecular Hbond substituents is 1. The Bertz CT molecular complexity index is 557. The summed E-state index contributed by atoms with van der Waals surface area (Å²) in [6.07, 6.45) is 0.873. The maximum Gasteiger partial charge on any atom is 0.288 e. The van der Waals surface area contributed by atoms with Crippen molar-refractivity contribution in [2.45, 2.75) is 30.0 Å². The standard InChI is InChI=1S/C16H17F2NOS/c1-2-15(11-3-7-13(20)8-4-11)19-12-5-9-14(10-6-12)21-16(17)18/h3-10,15-16,19-20H,2H2,1H3. The van der Waals surface area contributed by atoms with Crippen molar-refractivity contribution >= 4 is 17.4 Å². The molecule has 2 rings (SSSR count). The number of hydrogen-bond acceptors (Lipinski definition) is 3. The second-order valence-corrected chi connectivity index (χ2v) is 5.66. The fraction of sp³-hybridized carbons (Fsp3) is 0.250. The van der Waals surface area contributed by atoms with Crippen molar-refractivity contribution in [2.24, 2.45) is 0 Å². The summed E-state index contributed by atoms with van der Waals surface area (Å²) >= 11 is 0.541. The predicted octanol–water partition coefficient (Wildman–Crippen LogP) is 5.27. The van der Waals surface area contributed by atoms with Gasteiger partial charge in [0.1, 0.15) is 5.75 Å². The number of hydrogen-bond donors (Lipinski definition) is 2. The van der Waals surface area contributed by atoms with Gasteiger partial charge >= 0.3 is 0 Å². The molecule has 1 atom stereocenters. The first-order valence-corrected chi connectivity index (χ1v) is 7.56. The molecular formula is C16H17F2NOS. The molecule has 2 N–H and O–H groups in total. The third kappa shape index (κ3) is 4.63. The van der Waals surface area contributed by atoms with Crippen LogP contribution in [0.15, 0.2) is 53.4 Å². The van der Waals surface area contributed by atoms with Crippen molar-refractivity contribution in [3.63, 3.8) is 0 Å². The highest BCUT2D eigenvalue weighted by Gasteiger charge is 2.10. The Hall–Kier alpha value is -1.75. The van der Waals surface area contributed by atoms with Gasteiger partial charge in [-0.2, -0.15) is 8.78 Å². The second kappa shape index (κ2) is 7.31. The average Bonchev–Trinajstić information content (AvgIpc) is 2.47. The molecule has 0 aromatic heterocycles. The maximum absolute atomic E-state index is 12.3. The van der Waals surface area contributed by atoms with Gasteiger partial charge in [-0.05, 0) is 48.4 Å². The fourth-order valence-corrected chi connectivity index (χ4v) is 2.56. The van der Waals surface area contributed by atoms with Crippen molar-refractivity contribution in [3.8, 4) is 5.75 Å². The van der Waals surface area contributed by atoms with E-state index < -0.39 is 5.76 Å². The Morgan fingerprint density at radius 2 is 1.67 bits per heavy atom. The first-order valence-electron chi connectivity index (χ1n) is 6.69. The van der Waals surface area contributed by atoms with Crippen LogP contribution >= 0.6 is 11.8 Å². The zero-order valence-corrected chi connectivity index (χ0v) is 12.4. The normalized spacial score (nSPS) is 12.4. The van der Waals surface area contributed by atoms with Gasteiger partial charge in [0.2, 0.25) is 0 Å². The lowest BCUT2D eigenvalue weighted by atomic mass is 10.0. The molecule has 0 aliphatic rings. The van der Waals surface area contributed by atoms with Crippen LogP contribution in [0.2, 0.25) is 0 Å². The topological polar surface area (TPSA) is 32.3 Å². The van der Waals surface area contributed by atoms with E-state index in [1.165, 1.54) is 0 Å². The number of rotatable bonds is 6. The number of halogens is 2. The lowest BCUT2D eigenvalue weighted by Crippen LogP contribution is -2.09. The predicted molar refractivity (Wildman–Crippen MR) is 83.1 cm³/mol. The van der Waals surface area contributed by atoms with Gasteiger partial charge in [-0.1, -0.05) is 30.8 Å². The lowest BCUT2D eigenvalue weighted by Gasteiger charge is -2.19. The van der Waals surface area contributed by atoms with Crippen LogP contribution in [0.3, 0.4) is 0 Å². The van der Waals surface area contributed by atoms with Gasteiger partial charge in [-0.25, -0.2) is 0 Å². The molecule has 5 heteroatoms. The molecule has 2 aromatic rings. The molecule has 0 radical (unpaired) electrons. The molecule has 0 saturated heterocycles. The monoisotopic (exact) mass is 309 g/mol. The molecule has 0 amide bonds. The Kier molecular flexibility index (Phi) is 5.44. The minimum absolute atomic E-state index is 0.110. The Morgan fingerprint density at radius 3 is 2.19 bits per heavy atom. The highest BCUT2D eigenvalue weighted by atomic mass is 32.2. The Labute approximate surface area is 127 Å². The fourth-order valence-electron chi connectivity index (χ4n) is 2.06. The van der Waals surface area contributed by atoms with E-state index in [1.807, 2.05) is 12.1 Å². The quantitative estimate of drug-likeness (QED) is 0.713. The van der Waals surface area contributed by atoms with Crippen LogP contribution in [0.1, 0.15) is 24.9 Å². The van der Waals surface area contributed by atoms with E-state index in [0.717, 1.165) is 17.7 Å². The summed E-state index contributed by atoms with van der Waals surface area (Å²) in [5.41, 5.74) is 1.95. The van der Waals surface area contributed by atoms with E-state index in [2.05, 4.69) is 12.2 Å². The number of benzene rings is 2. The molecule has 2 nitrogen and oxygen atoms in total. The Morgan fingerprint density at radius 1 is 1.05 bits per heavy atom. The van der Waals surface area contributed by atoms with Gasteiger partial charge in [0.05, 0.1) is 6.04 Å². The minimum atomic E-state index is -2.40. The largest absolute Gasteiger partial charge is 0.508 e. The highest BCUT2D eigenvalue weighted by molar-refractivity contribution is 7.99. The summed E-state index contributed by atoms with van der Waals surface area (Å²) in [7, 11) is 0. The van der Waals surface area contributed by atoms with Crippen LogP contribution < -0.4 is 5.32 Å². The van der Waals surface area contributed by atoms with Crippen molar-refractivity contribution in [1.82, 2.24) is 0 Å². The number of aromatic hydroxyl groups is 1. The van der Waals surface area contributed by atoms with E-state index in [4.69, 9.17) is 0 Å². The second-order valence-electron chi connectivity index (χ2n) is 4.60. The average molecular weight is 309 g/mol. The summed E-state index contributed by atoms with van der Waals surface area (Å²) in [5, 5.41) is 12.7. The van der Waals surface area contributed by atoms with Gasteiger partial charge in [0.15, 0.2) is 0 Å². The van der Waals surface area contributed by atoms with E-state index >= 15 is 0 Å². The number of nitrogens with one attached hydrogen (secondary N) is 1. The molecule has 0 aliphatic carbocycles. The van der Waals surface area contributed by atoms with Crippen molar-refractivity contribution in [3.05, 3.63) is 54.1 Å². The zero-order chi connectivity index (χ0) is 15.2. The van der Waals surface area contributed by atoms with E-state index in [1.54, 1.807) is 36.4 Å². The van der Waals surface area contributed by atoms with Crippen LogP contribution in [-0.4, -0.2) is 10.9 Å². The molecule has 0 spiro atoms. The molecule has 21 heavy (non-hydrogen) atoms. The summed E-state index contributed by atoms with van der Waals surface area (Å²) in [5.74, 6) is -2.16. The molecule has 0 aliphatic heterocycles. The van der Waals surface area contributed by atoms with Crippen LogP contribution in [0.5, 0.6) is 5.75 Å². The summed E-state index contributed by atoms with van der Waals surface area (Å²) in [4.78, 5) is 0.549. The first kappa shape index (κ1) is 15.6. The third-order valence-corrected chi connectivity index (χ3v) is 3.85. The van der Waals surface area contributed by atoms with E-state index in [-0.39, 0.29) is 11.8 Å². The maximum atomic E-state index is 12.3. The van der Waals surface area contributed by atoms with Gasteiger partial charge in [-0.15, -0.1) is 0 Å². The molecular weight excluding hydrogens is 292 g/mol. The van der Waals surface area contributed by atoms with Crippen molar-refractivity contribution in [2.75, 3.05) is 5.32 Å².